The summed E-state index contributed by atoms with van der Waals surface area (Å²) in [5, 5.41) is 2.90. The lowest BCUT2D eigenvalue weighted by molar-refractivity contribution is 0.0510. The Kier molecular flexibility index (Phi) is 10.4. The van der Waals surface area contributed by atoms with Crippen molar-refractivity contribution >= 4 is 22.0 Å². The topological polar surface area (TPSA) is 50.8 Å². The smallest absolute Gasteiger partial charge is 0.407 e. The number of rotatable bonds is 10. The molecule has 7 heteroatoms. The molecule has 30 heavy (non-hydrogen) atoms. The van der Waals surface area contributed by atoms with Crippen LogP contribution >= 0.6 is 15.9 Å². The number of ether oxygens (including phenoxy) is 2. The molecule has 0 saturated carbocycles. The van der Waals surface area contributed by atoms with E-state index in [1.165, 1.54) is 18.9 Å². The number of carbonyl (C=O) groups excluding carboxylic acids is 1. The third kappa shape index (κ3) is 10.1. The van der Waals surface area contributed by atoms with Crippen LogP contribution in [0.2, 0.25) is 0 Å². The average molecular weight is 487 g/mol. The van der Waals surface area contributed by atoms with Gasteiger partial charge >= 0.3 is 6.09 Å². The summed E-state index contributed by atoms with van der Waals surface area (Å²) in [7, 11) is 0. The zero-order valence-corrected chi connectivity index (χ0v) is 20.1. The Balaban J connectivity index is 1.46. The van der Waals surface area contributed by atoms with Gasteiger partial charge < -0.3 is 19.7 Å². The van der Waals surface area contributed by atoms with Crippen LogP contribution in [0.15, 0.2) is 22.7 Å². The second-order valence-corrected chi connectivity index (χ2v) is 9.86. The first-order chi connectivity index (χ1) is 14.2. The zero-order chi connectivity index (χ0) is 22.0. The molecule has 1 saturated heterocycles. The van der Waals surface area contributed by atoms with E-state index in [9.17, 15) is 9.18 Å². The van der Waals surface area contributed by atoms with Crippen molar-refractivity contribution in [1.82, 2.24) is 10.2 Å². The second kappa shape index (κ2) is 12.5. The fourth-order valence-electron chi connectivity index (χ4n) is 3.50. The van der Waals surface area contributed by atoms with Crippen LogP contribution in [-0.2, 0) is 4.74 Å². The number of carbonyl (C=O) groups is 1. The van der Waals surface area contributed by atoms with Gasteiger partial charge in [0.15, 0.2) is 0 Å². The third-order valence-electron chi connectivity index (χ3n) is 5.17. The van der Waals surface area contributed by atoms with E-state index in [0.717, 1.165) is 45.3 Å². The van der Waals surface area contributed by atoms with Crippen molar-refractivity contribution < 1.29 is 18.7 Å². The van der Waals surface area contributed by atoms with Crippen molar-refractivity contribution in [3.63, 3.8) is 0 Å². The molecule has 0 aromatic heterocycles. The summed E-state index contributed by atoms with van der Waals surface area (Å²) in [5.41, 5.74) is -0.448. The number of nitrogens with one attached hydrogen (secondary N) is 1. The van der Waals surface area contributed by atoms with Gasteiger partial charge in [0.2, 0.25) is 0 Å². The van der Waals surface area contributed by atoms with Crippen LogP contribution in [0.1, 0.15) is 59.3 Å². The number of hydrogen-bond donors (Lipinski definition) is 1. The van der Waals surface area contributed by atoms with Crippen LogP contribution in [0.3, 0.4) is 0 Å². The molecule has 1 amide bonds. The van der Waals surface area contributed by atoms with Crippen molar-refractivity contribution in [2.45, 2.75) is 64.9 Å². The minimum absolute atomic E-state index is 0.295. The Morgan fingerprint density at radius 1 is 1.20 bits per heavy atom. The van der Waals surface area contributed by atoms with Crippen molar-refractivity contribution in [2.24, 2.45) is 5.92 Å². The van der Waals surface area contributed by atoms with Gasteiger partial charge in [-0.05, 0) is 100 Å². The Morgan fingerprint density at radius 3 is 2.57 bits per heavy atom. The average Bonchev–Trinajstić information content (AvgIpc) is 2.68. The van der Waals surface area contributed by atoms with E-state index in [-0.39, 0.29) is 11.9 Å². The number of likely N-dealkylation sites (tertiary alicyclic amines) is 1. The van der Waals surface area contributed by atoms with Crippen LogP contribution in [0.25, 0.3) is 0 Å². The minimum Gasteiger partial charge on any atom is -0.493 e. The normalized spacial score (nSPS) is 15.8. The van der Waals surface area contributed by atoms with Crippen LogP contribution in [0.4, 0.5) is 9.18 Å². The van der Waals surface area contributed by atoms with Gasteiger partial charge in [0.1, 0.15) is 17.2 Å². The van der Waals surface area contributed by atoms with Gasteiger partial charge in [-0.15, -0.1) is 0 Å². The second-order valence-electron chi connectivity index (χ2n) is 9.01. The molecule has 0 bridgehead atoms. The van der Waals surface area contributed by atoms with Gasteiger partial charge in [-0.25, -0.2) is 9.18 Å². The standard InChI is InChI=1S/C23H36BrFN2O3/c1-23(2,3)30-22(28)26-17-18-10-13-27(14-11-18)12-6-4-5-7-15-29-19-8-9-20(24)21(25)16-19/h8-9,16,18H,4-7,10-15,17H2,1-3H3,(H,26,28). The fourth-order valence-corrected chi connectivity index (χ4v) is 3.75. The van der Waals surface area contributed by atoms with E-state index in [4.69, 9.17) is 9.47 Å². The summed E-state index contributed by atoms with van der Waals surface area (Å²) in [4.78, 5) is 14.3. The highest BCUT2D eigenvalue weighted by molar-refractivity contribution is 9.10. The summed E-state index contributed by atoms with van der Waals surface area (Å²) in [6.07, 6.45) is 6.39. The first kappa shape index (κ1) is 24.9. The molecule has 170 valence electrons. The predicted molar refractivity (Wildman–Crippen MR) is 121 cm³/mol. The summed E-state index contributed by atoms with van der Waals surface area (Å²) < 4.78 is 24.8. The van der Waals surface area contributed by atoms with E-state index in [1.807, 2.05) is 20.8 Å². The monoisotopic (exact) mass is 486 g/mol. The summed E-state index contributed by atoms with van der Waals surface area (Å²) in [6, 6.07) is 4.86. The van der Waals surface area contributed by atoms with E-state index in [2.05, 4.69) is 26.1 Å². The van der Waals surface area contributed by atoms with Gasteiger partial charge in [0.25, 0.3) is 0 Å². The van der Waals surface area contributed by atoms with E-state index < -0.39 is 5.60 Å². The van der Waals surface area contributed by atoms with Gasteiger partial charge in [0, 0.05) is 12.6 Å². The van der Waals surface area contributed by atoms with Crippen molar-refractivity contribution in [3.05, 3.63) is 28.5 Å². The van der Waals surface area contributed by atoms with Crippen molar-refractivity contribution in [2.75, 3.05) is 32.8 Å². The molecule has 5 nitrogen and oxygen atoms in total. The lowest BCUT2D eigenvalue weighted by Gasteiger charge is -2.32. The molecule has 0 radical (unpaired) electrons. The van der Waals surface area contributed by atoms with Gasteiger partial charge in [-0.3, -0.25) is 0 Å². The Labute approximate surface area is 188 Å². The zero-order valence-electron chi connectivity index (χ0n) is 18.5. The maximum Gasteiger partial charge on any atom is 0.407 e. The van der Waals surface area contributed by atoms with Gasteiger partial charge in [-0.2, -0.15) is 0 Å². The number of hydrogen-bond acceptors (Lipinski definition) is 4. The number of benzene rings is 1. The SMILES string of the molecule is CC(C)(C)OC(=O)NCC1CCN(CCCCCCOc2ccc(Br)c(F)c2)CC1. The molecule has 1 aromatic carbocycles. The number of halogens is 2. The summed E-state index contributed by atoms with van der Waals surface area (Å²) >= 11 is 3.14. The molecule has 0 unspecified atom stereocenters. The van der Waals surface area contributed by atoms with Crippen LogP contribution < -0.4 is 10.1 Å². The molecule has 2 rings (SSSR count). The highest BCUT2D eigenvalue weighted by Gasteiger charge is 2.21. The van der Waals surface area contributed by atoms with E-state index >= 15 is 0 Å². The summed E-state index contributed by atoms with van der Waals surface area (Å²) in [5.74, 6) is 0.825. The van der Waals surface area contributed by atoms with E-state index in [0.29, 0.717) is 29.3 Å². The summed E-state index contributed by atoms with van der Waals surface area (Å²) in [6.45, 7) is 10.3. The number of piperidine rings is 1. The number of amides is 1. The molecular weight excluding hydrogens is 451 g/mol. The molecule has 1 heterocycles. The molecule has 0 atom stereocenters. The number of unbranched alkanes of at least 4 members (excludes halogenated alkanes) is 3. The largest absolute Gasteiger partial charge is 0.493 e. The maximum atomic E-state index is 13.4. The Hall–Kier alpha value is -1.34. The highest BCUT2D eigenvalue weighted by Crippen LogP contribution is 2.21. The lowest BCUT2D eigenvalue weighted by Crippen LogP contribution is -2.40. The van der Waals surface area contributed by atoms with Crippen LogP contribution in [0, 0.1) is 11.7 Å². The first-order valence-corrected chi connectivity index (χ1v) is 11.8. The van der Waals surface area contributed by atoms with Gasteiger partial charge in [-0.1, -0.05) is 12.8 Å². The lowest BCUT2D eigenvalue weighted by atomic mass is 9.96. The molecule has 1 N–H and O–H groups in total. The van der Waals surface area contributed by atoms with Gasteiger partial charge in [0.05, 0.1) is 11.1 Å². The minimum atomic E-state index is -0.448. The third-order valence-corrected chi connectivity index (χ3v) is 5.81. The van der Waals surface area contributed by atoms with Crippen LogP contribution in [-0.4, -0.2) is 49.4 Å². The Bertz CT molecular complexity index is 658. The highest BCUT2D eigenvalue weighted by atomic mass is 79.9. The molecule has 1 fully saturated rings. The molecule has 0 spiro atoms. The Morgan fingerprint density at radius 2 is 1.90 bits per heavy atom. The first-order valence-electron chi connectivity index (χ1n) is 11.0. The van der Waals surface area contributed by atoms with E-state index in [1.54, 1.807) is 12.1 Å². The van der Waals surface area contributed by atoms with Crippen molar-refractivity contribution in [1.29, 1.82) is 0 Å². The number of nitrogens with zero attached hydrogens (tertiary/aromatic N) is 1. The maximum absolute atomic E-state index is 13.4. The predicted octanol–water partition coefficient (Wildman–Crippen LogP) is 5.76. The quantitative estimate of drug-likeness (QED) is 0.426. The van der Waals surface area contributed by atoms with Crippen molar-refractivity contribution in [3.8, 4) is 5.75 Å². The number of alkyl carbamates (subject to hydrolysis) is 1. The molecular formula is C23H36BrFN2O3. The molecule has 1 aliphatic heterocycles. The molecule has 1 aromatic rings. The van der Waals surface area contributed by atoms with Crippen LogP contribution in [0.5, 0.6) is 5.75 Å². The fraction of sp³-hybridized carbons (Fsp3) is 0.696. The molecule has 0 aliphatic carbocycles. The molecule has 1 aliphatic rings.